The first-order valence-electron chi connectivity index (χ1n) is 16.0. The van der Waals surface area contributed by atoms with Gasteiger partial charge in [0.2, 0.25) is 0 Å². The van der Waals surface area contributed by atoms with E-state index < -0.39 is 11.9 Å². The van der Waals surface area contributed by atoms with Gasteiger partial charge in [0.05, 0.1) is 45.4 Å². The molecule has 254 valence electrons. The molecule has 0 spiro atoms. The summed E-state index contributed by atoms with van der Waals surface area (Å²) in [5.74, 6) is -0.152. The summed E-state index contributed by atoms with van der Waals surface area (Å²) in [5, 5.41) is 9.53. The van der Waals surface area contributed by atoms with E-state index in [0.29, 0.717) is 44.6 Å². The van der Waals surface area contributed by atoms with E-state index in [1.165, 1.54) is 33.9 Å². The highest BCUT2D eigenvalue weighted by molar-refractivity contribution is 6.04. The minimum Gasteiger partial charge on any atom is -0.423 e. The van der Waals surface area contributed by atoms with Gasteiger partial charge in [-0.1, -0.05) is 36.4 Å². The zero-order chi connectivity index (χ0) is 36.2. The number of carbonyl (C=O) groups excluding carboxylic acids is 2. The summed E-state index contributed by atoms with van der Waals surface area (Å²) in [7, 11) is 0. The smallest absolute Gasteiger partial charge is 0.344 e. The van der Waals surface area contributed by atoms with Crippen molar-refractivity contribution in [2.45, 2.75) is 13.8 Å². The standard InChI is InChI=1S/C40H28N6O6/c1-25-43-35-13-7-5-11-33(35)37(47)45(25)41-23-27-15-19-29(20-16-27)51-39(49)31-9-3-4-10-32(31)40(50)52-30-21-17-28(18-22-30)24-42-46-26(2)44-36-14-8-6-12-34(36)38(46)48/h3-24H,1-2H3/b41-23+,42-24+. The largest absolute Gasteiger partial charge is 0.423 e. The summed E-state index contributed by atoms with van der Waals surface area (Å²) >= 11 is 0. The Balaban J connectivity index is 1.01. The lowest BCUT2D eigenvalue weighted by molar-refractivity contribution is 0.0692. The Morgan fingerprint density at radius 3 is 1.31 bits per heavy atom. The molecule has 7 rings (SSSR count). The van der Waals surface area contributed by atoms with E-state index in [1.54, 1.807) is 111 Å². The van der Waals surface area contributed by atoms with Crippen molar-refractivity contribution in [1.82, 2.24) is 19.3 Å². The molecule has 0 unspecified atom stereocenters. The molecule has 0 N–H and O–H groups in total. The fourth-order valence-corrected chi connectivity index (χ4v) is 5.40. The molecule has 0 radical (unpaired) electrons. The molecule has 12 heteroatoms. The third-order valence-corrected chi connectivity index (χ3v) is 8.02. The van der Waals surface area contributed by atoms with E-state index >= 15 is 0 Å². The summed E-state index contributed by atoms with van der Waals surface area (Å²) in [6, 6.07) is 33.3. The van der Waals surface area contributed by atoms with Crippen LogP contribution >= 0.6 is 0 Å². The van der Waals surface area contributed by atoms with E-state index in [4.69, 9.17) is 9.47 Å². The summed E-state index contributed by atoms with van der Waals surface area (Å²) in [4.78, 5) is 61.0. The van der Waals surface area contributed by atoms with Crippen molar-refractivity contribution >= 4 is 46.2 Å². The predicted molar refractivity (Wildman–Crippen MR) is 197 cm³/mol. The third-order valence-electron chi connectivity index (χ3n) is 8.02. The van der Waals surface area contributed by atoms with Crippen LogP contribution in [0.25, 0.3) is 21.8 Å². The molecule has 0 saturated carbocycles. The number of benzene rings is 5. The second-order valence-electron chi connectivity index (χ2n) is 11.5. The van der Waals surface area contributed by atoms with Crippen LogP contribution in [-0.2, 0) is 0 Å². The van der Waals surface area contributed by atoms with Gasteiger partial charge in [-0.2, -0.15) is 19.6 Å². The molecule has 2 heterocycles. The van der Waals surface area contributed by atoms with Crippen LogP contribution in [-0.4, -0.2) is 43.7 Å². The number of nitrogens with zero attached hydrogens (tertiary/aromatic N) is 6. The molecule has 2 aromatic heterocycles. The molecule has 0 aliphatic heterocycles. The van der Waals surface area contributed by atoms with Gasteiger partial charge in [0.15, 0.2) is 0 Å². The number of hydrogen-bond donors (Lipinski definition) is 0. The molecule has 12 nitrogen and oxygen atoms in total. The highest BCUT2D eigenvalue weighted by atomic mass is 16.5. The van der Waals surface area contributed by atoms with E-state index in [-0.39, 0.29) is 33.7 Å². The molecule has 5 aromatic carbocycles. The minimum atomic E-state index is -0.751. The van der Waals surface area contributed by atoms with Gasteiger partial charge in [0.1, 0.15) is 23.1 Å². The van der Waals surface area contributed by atoms with Crippen molar-refractivity contribution in [2.24, 2.45) is 10.2 Å². The first-order valence-corrected chi connectivity index (χ1v) is 16.0. The molecular formula is C40H28N6O6. The molecule has 0 fully saturated rings. The molecule has 0 bridgehead atoms. The molecule has 52 heavy (non-hydrogen) atoms. The highest BCUT2D eigenvalue weighted by Gasteiger charge is 2.20. The van der Waals surface area contributed by atoms with Gasteiger partial charge in [0, 0.05) is 0 Å². The number of hydrogen-bond acceptors (Lipinski definition) is 10. The van der Waals surface area contributed by atoms with Gasteiger partial charge in [-0.25, -0.2) is 19.6 Å². The topological polar surface area (TPSA) is 147 Å². The number of aryl methyl sites for hydroxylation is 2. The van der Waals surface area contributed by atoms with Gasteiger partial charge in [-0.3, -0.25) is 9.59 Å². The van der Waals surface area contributed by atoms with Crippen molar-refractivity contribution in [3.8, 4) is 11.5 Å². The molecule has 0 amide bonds. The predicted octanol–water partition coefficient (Wildman–Crippen LogP) is 5.93. The second-order valence-corrected chi connectivity index (χ2v) is 11.5. The number of carbonyl (C=O) groups is 2. The van der Waals surface area contributed by atoms with Gasteiger partial charge in [0.25, 0.3) is 11.1 Å². The van der Waals surface area contributed by atoms with Crippen molar-refractivity contribution in [1.29, 1.82) is 0 Å². The lowest BCUT2D eigenvalue weighted by atomic mass is 10.1. The van der Waals surface area contributed by atoms with Crippen LogP contribution in [0, 0.1) is 13.8 Å². The minimum absolute atomic E-state index is 0.0188. The van der Waals surface area contributed by atoms with Gasteiger partial charge in [-0.15, -0.1) is 0 Å². The van der Waals surface area contributed by atoms with E-state index in [0.717, 1.165) is 0 Å². The Labute approximate surface area is 295 Å². The highest BCUT2D eigenvalue weighted by Crippen LogP contribution is 2.19. The molecular weight excluding hydrogens is 660 g/mol. The Morgan fingerprint density at radius 2 is 0.904 bits per heavy atom. The summed E-state index contributed by atoms with van der Waals surface area (Å²) in [6.07, 6.45) is 3.01. The van der Waals surface area contributed by atoms with E-state index in [9.17, 15) is 19.2 Å². The first kappa shape index (κ1) is 33.2. The Hall–Kier alpha value is -7.34. The second kappa shape index (κ2) is 14.3. The number of rotatable bonds is 8. The lowest BCUT2D eigenvalue weighted by Crippen LogP contribution is -2.20. The average molecular weight is 689 g/mol. The lowest BCUT2D eigenvalue weighted by Gasteiger charge is -2.10. The molecule has 0 atom stereocenters. The van der Waals surface area contributed by atoms with E-state index in [1.807, 2.05) is 12.1 Å². The van der Waals surface area contributed by atoms with Crippen molar-refractivity contribution < 1.29 is 19.1 Å². The van der Waals surface area contributed by atoms with Crippen LogP contribution < -0.4 is 20.6 Å². The van der Waals surface area contributed by atoms with Crippen LogP contribution in [0.3, 0.4) is 0 Å². The Morgan fingerprint density at radius 1 is 0.538 bits per heavy atom. The van der Waals surface area contributed by atoms with Crippen LogP contribution in [0.2, 0.25) is 0 Å². The monoisotopic (exact) mass is 688 g/mol. The Kier molecular flexibility index (Phi) is 9.09. The molecule has 7 aromatic rings. The average Bonchev–Trinajstić information content (AvgIpc) is 3.16. The summed E-state index contributed by atoms with van der Waals surface area (Å²) in [6.45, 7) is 3.40. The first-order chi connectivity index (χ1) is 25.2. The number of fused-ring (bicyclic) bond motifs is 2. The summed E-state index contributed by atoms with van der Waals surface area (Å²) in [5.41, 5.74) is 1.96. The summed E-state index contributed by atoms with van der Waals surface area (Å²) < 4.78 is 13.6. The Bertz CT molecular complexity index is 2490. The van der Waals surface area contributed by atoms with Crippen LogP contribution in [0.5, 0.6) is 11.5 Å². The third kappa shape index (κ3) is 6.89. The zero-order valence-electron chi connectivity index (χ0n) is 27.8. The fraction of sp³-hybridized carbons (Fsp3) is 0.0500. The van der Waals surface area contributed by atoms with Crippen molar-refractivity contribution in [2.75, 3.05) is 0 Å². The molecule has 0 aliphatic rings. The van der Waals surface area contributed by atoms with Crippen molar-refractivity contribution in [3.63, 3.8) is 0 Å². The zero-order valence-corrected chi connectivity index (χ0v) is 27.8. The maximum absolute atomic E-state index is 13.2. The maximum atomic E-state index is 13.2. The normalized spacial score (nSPS) is 11.4. The fourth-order valence-electron chi connectivity index (χ4n) is 5.40. The maximum Gasteiger partial charge on any atom is 0.344 e. The van der Waals surface area contributed by atoms with Crippen LogP contribution in [0.4, 0.5) is 0 Å². The quantitative estimate of drug-likeness (QED) is 0.109. The van der Waals surface area contributed by atoms with Crippen LogP contribution in [0.15, 0.2) is 141 Å². The number of ether oxygens (including phenoxy) is 2. The number of esters is 2. The van der Waals surface area contributed by atoms with Crippen molar-refractivity contribution in [3.05, 3.63) is 176 Å². The van der Waals surface area contributed by atoms with Crippen LogP contribution in [0.1, 0.15) is 43.5 Å². The number of para-hydroxylation sites is 2. The molecule has 0 saturated heterocycles. The van der Waals surface area contributed by atoms with Gasteiger partial charge < -0.3 is 9.47 Å². The SMILES string of the molecule is Cc1nc2ccccc2c(=O)n1/N=C/c1ccc(OC(=O)c2ccccc2C(=O)Oc2ccc(/C=N/n3c(C)nc4ccccc4c3=O)cc2)cc1. The molecule has 0 aliphatic carbocycles. The van der Waals surface area contributed by atoms with Gasteiger partial charge in [-0.05, 0) is 110 Å². The van der Waals surface area contributed by atoms with Gasteiger partial charge >= 0.3 is 11.9 Å². The van der Waals surface area contributed by atoms with E-state index in [2.05, 4.69) is 20.2 Å². The number of aromatic nitrogens is 4.